The second-order valence-corrected chi connectivity index (χ2v) is 4.78. The van der Waals surface area contributed by atoms with Gasteiger partial charge in [-0.15, -0.1) is 10.2 Å². The summed E-state index contributed by atoms with van der Waals surface area (Å²) >= 11 is 3.45. The highest BCUT2D eigenvalue weighted by molar-refractivity contribution is 9.10. The van der Waals surface area contributed by atoms with Crippen LogP contribution in [0.1, 0.15) is 10.4 Å². The molecule has 2 aromatic heterocycles. The Balaban J connectivity index is 2.31. The van der Waals surface area contributed by atoms with Crippen LogP contribution in [-0.2, 0) is 0 Å². The lowest BCUT2D eigenvalue weighted by molar-refractivity contribution is 0.0698. The molecule has 0 aliphatic heterocycles. The molecule has 0 aliphatic carbocycles. The van der Waals surface area contributed by atoms with Gasteiger partial charge in [-0.05, 0) is 18.2 Å². The Hall–Kier alpha value is -2.21. The number of carboxylic acid groups (broad SMARTS) is 1. The van der Waals surface area contributed by atoms with Crippen molar-refractivity contribution in [1.82, 2.24) is 14.6 Å². The Morgan fingerprint density at radius 1 is 1.16 bits per heavy atom. The van der Waals surface area contributed by atoms with Gasteiger partial charge in [0.2, 0.25) is 0 Å². The lowest BCUT2D eigenvalue weighted by Gasteiger charge is -2.03. The third-order valence-corrected chi connectivity index (χ3v) is 3.47. The number of aromatic carboxylic acids is 1. The topological polar surface area (TPSA) is 67.5 Å². The molecule has 0 aliphatic rings. The number of aromatic nitrogens is 3. The molecule has 2 heterocycles. The van der Waals surface area contributed by atoms with Crippen LogP contribution in [0, 0.1) is 0 Å². The summed E-state index contributed by atoms with van der Waals surface area (Å²) in [4.78, 5) is 11.1. The average molecular weight is 318 g/mol. The van der Waals surface area contributed by atoms with E-state index in [2.05, 4.69) is 26.1 Å². The van der Waals surface area contributed by atoms with Gasteiger partial charge in [-0.2, -0.15) is 0 Å². The first-order valence-corrected chi connectivity index (χ1v) is 6.30. The number of nitrogens with zero attached hydrogens (tertiary/aromatic N) is 3. The summed E-state index contributed by atoms with van der Waals surface area (Å²) in [6, 6.07) is 10.8. The van der Waals surface area contributed by atoms with Crippen molar-refractivity contribution in [3.05, 3.63) is 52.6 Å². The van der Waals surface area contributed by atoms with Crippen molar-refractivity contribution in [2.45, 2.75) is 0 Å². The molecule has 0 bridgehead atoms. The minimum absolute atomic E-state index is 0.133. The summed E-state index contributed by atoms with van der Waals surface area (Å²) < 4.78 is 2.55. The van der Waals surface area contributed by atoms with Gasteiger partial charge in [0.1, 0.15) is 5.56 Å². The molecular weight excluding hydrogens is 310 g/mol. The molecule has 0 atom stereocenters. The molecular formula is C13H8BrN3O2. The molecule has 1 aromatic carbocycles. The van der Waals surface area contributed by atoms with Crippen molar-refractivity contribution in [2.24, 2.45) is 0 Å². The number of hydrogen-bond acceptors (Lipinski definition) is 3. The quantitative estimate of drug-likeness (QED) is 0.789. The van der Waals surface area contributed by atoms with Gasteiger partial charge in [-0.3, -0.25) is 4.40 Å². The highest BCUT2D eigenvalue weighted by Gasteiger charge is 2.15. The average Bonchev–Trinajstić information content (AvgIpc) is 2.82. The molecule has 5 nitrogen and oxygen atoms in total. The third-order valence-electron chi connectivity index (χ3n) is 2.78. The molecule has 0 radical (unpaired) electrons. The third kappa shape index (κ3) is 1.90. The zero-order chi connectivity index (χ0) is 13.4. The number of carboxylic acids is 1. The van der Waals surface area contributed by atoms with E-state index in [4.69, 9.17) is 5.11 Å². The molecule has 0 saturated heterocycles. The van der Waals surface area contributed by atoms with E-state index in [1.807, 2.05) is 24.3 Å². The van der Waals surface area contributed by atoms with Crippen molar-refractivity contribution in [3.63, 3.8) is 0 Å². The predicted molar refractivity (Wildman–Crippen MR) is 73.1 cm³/mol. The summed E-state index contributed by atoms with van der Waals surface area (Å²) in [6.07, 6.45) is 1.75. The van der Waals surface area contributed by atoms with Crippen LogP contribution in [0.3, 0.4) is 0 Å². The van der Waals surface area contributed by atoms with E-state index in [9.17, 15) is 4.79 Å². The normalized spacial score (nSPS) is 10.8. The van der Waals surface area contributed by atoms with Gasteiger partial charge in [0.15, 0.2) is 11.5 Å². The first-order chi connectivity index (χ1) is 9.18. The fourth-order valence-corrected chi connectivity index (χ4v) is 2.37. The Morgan fingerprint density at radius 2 is 1.95 bits per heavy atom. The molecule has 0 amide bonds. The maximum Gasteiger partial charge on any atom is 0.339 e. The Labute approximate surface area is 116 Å². The number of pyridine rings is 1. The van der Waals surface area contributed by atoms with Crippen LogP contribution >= 0.6 is 15.9 Å². The van der Waals surface area contributed by atoms with Crippen LogP contribution in [-0.4, -0.2) is 25.7 Å². The summed E-state index contributed by atoms with van der Waals surface area (Å²) in [5, 5.41) is 17.2. The predicted octanol–water partition coefficient (Wildman–Crippen LogP) is 2.86. The molecule has 0 spiro atoms. The largest absolute Gasteiger partial charge is 0.478 e. The molecule has 19 heavy (non-hydrogen) atoms. The van der Waals surface area contributed by atoms with Gasteiger partial charge in [-0.25, -0.2) is 4.79 Å². The smallest absolute Gasteiger partial charge is 0.339 e. The molecule has 3 rings (SSSR count). The summed E-state index contributed by atoms with van der Waals surface area (Å²) in [5.41, 5.74) is 1.33. The summed E-state index contributed by atoms with van der Waals surface area (Å²) in [6.45, 7) is 0. The lowest BCUT2D eigenvalue weighted by Crippen LogP contribution is -2.00. The van der Waals surface area contributed by atoms with E-state index in [1.54, 1.807) is 16.7 Å². The Morgan fingerprint density at radius 3 is 2.68 bits per heavy atom. The summed E-state index contributed by atoms with van der Waals surface area (Å²) in [7, 11) is 0. The summed E-state index contributed by atoms with van der Waals surface area (Å²) in [5.74, 6) is -0.415. The monoisotopic (exact) mass is 317 g/mol. The fraction of sp³-hybridized carbons (Fsp3) is 0. The Bertz CT molecular complexity index is 782. The molecule has 0 fully saturated rings. The van der Waals surface area contributed by atoms with Gasteiger partial charge in [0, 0.05) is 16.2 Å². The lowest BCUT2D eigenvalue weighted by atomic mass is 10.2. The van der Waals surface area contributed by atoms with Gasteiger partial charge in [0.05, 0.1) is 0 Å². The number of halogens is 1. The molecule has 6 heteroatoms. The van der Waals surface area contributed by atoms with Crippen LogP contribution in [0.15, 0.2) is 47.1 Å². The van der Waals surface area contributed by atoms with Crippen LogP contribution < -0.4 is 0 Å². The number of benzene rings is 1. The minimum atomic E-state index is -1.02. The van der Waals surface area contributed by atoms with Crippen molar-refractivity contribution in [3.8, 4) is 11.4 Å². The maximum absolute atomic E-state index is 11.1. The molecule has 0 saturated carbocycles. The number of rotatable bonds is 2. The number of carbonyl (C=O) groups is 1. The highest BCUT2D eigenvalue weighted by Crippen LogP contribution is 2.27. The molecule has 3 aromatic rings. The zero-order valence-corrected chi connectivity index (χ0v) is 11.2. The molecule has 0 unspecified atom stereocenters. The van der Waals surface area contributed by atoms with Crippen molar-refractivity contribution in [1.29, 1.82) is 0 Å². The second-order valence-electron chi connectivity index (χ2n) is 3.92. The number of hydrogen-bond donors (Lipinski definition) is 1. The van der Waals surface area contributed by atoms with Crippen LogP contribution in [0.5, 0.6) is 0 Å². The van der Waals surface area contributed by atoms with Crippen molar-refractivity contribution < 1.29 is 9.90 Å². The van der Waals surface area contributed by atoms with Gasteiger partial charge < -0.3 is 5.11 Å². The standard InChI is InChI=1S/C13H8BrN3O2/c14-10-6-2-1-4-8(10)11-15-16-12-9(13(18)19)5-3-7-17(11)12/h1-7H,(H,18,19). The highest BCUT2D eigenvalue weighted by atomic mass is 79.9. The number of fused-ring (bicyclic) bond motifs is 1. The molecule has 1 N–H and O–H groups in total. The van der Waals surface area contributed by atoms with E-state index in [0.717, 1.165) is 10.0 Å². The maximum atomic E-state index is 11.1. The van der Waals surface area contributed by atoms with Crippen LogP contribution in [0.2, 0.25) is 0 Å². The first-order valence-electron chi connectivity index (χ1n) is 5.50. The van der Waals surface area contributed by atoms with E-state index in [0.29, 0.717) is 11.5 Å². The second kappa shape index (κ2) is 4.47. The zero-order valence-electron chi connectivity index (χ0n) is 9.62. The van der Waals surface area contributed by atoms with E-state index in [1.165, 1.54) is 6.07 Å². The van der Waals surface area contributed by atoms with Gasteiger partial charge >= 0.3 is 5.97 Å². The van der Waals surface area contributed by atoms with Crippen LogP contribution in [0.25, 0.3) is 17.0 Å². The van der Waals surface area contributed by atoms with Crippen molar-refractivity contribution in [2.75, 3.05) is 0 Å². The van der Waals surface area contributed by atoms with Crippen LogP contribution in [0.4, 0.5) is 0 Å². The van der Waals surface area contributed by atoms with Gasteiger partial charge in [0.25, 0.3) is 0 Å². The SMILES string of the molecule is O=C(O)c1cccn2c(-c3ccccc3Br)nnc12. The minimum Gasteiger partial charge on any atom is -0.478 e. The van der Waals surface area contributed by atoms with E-state index >= 15 is 0 Å². The van der Waals surface area contributed by atoms with E-state index < -0.39 is 5.97 Å². The fourth-order valence-electron chi connectivity index (χ4n) is 1.91. The molecule has 94 valence electrons. The van der Waals surface area contributed by atoms with Crippen molar-refractivity contribution >= 4 is 27.5 Å². The van der Waals surface area contributed by atoms with E-state index in [-0.39, 0.29) is 5.56 Å². The van der Waals surface area contributed by atoms with Gasteiger partial charge in [-0.1, -0.05) is 34.1 Å². The Kier molecular flexibility index (Phi) is 2.79. The first kappa shape index (κ1) is 11.9.